The second-order valence-electron chi connectivity index (χ2n) is 5.33. The topological polar surface area (TPSA) is 50.4 Å². The normalized spacial score (nSPS) is 18.6. The molecule has 20 heavy (non-hydrogen) atoms. The van der Waals surface area contributed by atoms with Gasteiger partial charge >= 0.3 is 0 Å². The second-order valence-corrected chi connectivity index (χ2v) is 5.33. The first-order chi connectivity index (χ1) is 9.79. The van der Waals surface area contributed by atoms with E-state index in [1.807, 2.05) is 24.3 Å². The van der Waals surface area contributed by atoms with E-state index in [1.54, 1.807) is 7.11 Å². The Morgan fingerprint density at radius 2 is 2.30 bits per heavy atom. The third-order valence-electron chi connectivity index (χ3n) is 3.80. The number of methoxy groups -OCH3 is 1. The van der Waals surface area contributed by atoms with Gasteiger partial charge in [-0.15, -0.1) is 0 Å². The molecule has 1 aliphatic rings. The minimum atomic E-state index is 0.126. The fourth-order valence-electron chi connectivity index (χ4n) is 2.60. The summed E-state index contributed by atoms with van der Waals surface area (Å²) in [7, 11) is 1.66. The van der Waals surface area contributed by atoms with Gasteiger partial charge in [-0.2, -0.15) is 0 Å². The lowest BCUT2D eigenvalue weighted by Crippen LogP contribution is -2.38. The van der Waals surface area contributed by atoms with Gasteiger partial charge in [-0.05, 0) is 49.9 Å². The maximum absolute atomic E-state index is 11.9. The Kier molecular flexibility index (Phi) is 5.87. The Morgan fingerprint density at radius 1 is 1.45 bits per heavy atom. The summed E-state index contributed by atoms with van der Waals surface area (Å²) in [6.45, 7) is 2.92. The molecule has 0 bridgehead atoms. The SMILES string of the molecule is COc1ccccc1CCC(=O)NCC1CCCNC1. The van der Waals surface area contributed by atoms with E-state index >= 15 is 0 Å². The summed E-state index contributed by atoms with van der Waals surface area (Å²) >= 11 is 0. The second kappa shape index (κ2) is 7.90. The molecule has 1 saturated heterocycles. The van der Waals surface area contributed by atoms with Gasteiger partial charge in [-0.25, -0.2) is 0 Å². The monoisotopic (exact) mass is 276 g/mol. The lowest BCUT2D eigenvalue weighted by atomic mass is 9.99. The number of benzene rings is 1. The van der Waals surface area contributed by atoms with E-state index < -0.39 is 0 Å². The molecule has 4 heteroatoms. The van der Waals surface area contributed by atoms with Crippen molar-refractivity contribution in [3.8, 4) is 5.75 Å². The van der Waals surface area contributed by atoms with Crippen LogP contribution in [0.5, 0.6) is 5.75 Å². The Balaban J connectivity index is 1.71. The van der Waals surface area contributed by atoms with Crippen molar-refractivity contribution in [2.45, 2.75) is 25.7 Å². The summed E-state index contributed by atoms with van der Waals surface area (Å²) in [4.78, 5) is 11.9. The van der Waals surface area contributed by atoms with Crippen LogP contribution in [0.4, 0.5) is 0 Å². The number of nitrogens with one attached hydrogen (secondary N) is 2. The van der Waals surface area contributed by atoms with Crippen LogP contribution >= 0.6 is 0 Å². The summed E-state index contributed by atoms with van der Waals surface area (Å²) in [6, 6.07) is 7.86. The van der Waals surface area contributed by atoms with Crippen molar-refractivity contribution in [3.63, 3.8) is 0 Å². The summed E-state index contributed by atoms with van der Waals surface area (Å²) in [5.41, 5.74) is 1.09. The van der Waals surface area contributed by atoms with E-state index in [9.17, 15) is 4.79 Å². The van der Waals surface area contributed by atoms with Crippen molar-refractivity contribution in [1.82, 2.24) is 10.6 Å². The Morgan fingerprint density at radius 3 is 3.05 bits per heavy atom. The molecule has 110 valence electrons. The van der Waals surface area contributed by atoms with Crippen LogP contribution in [-0.4, -0.2) is 32.7 Å². The number of hydrogen-bond acceptors (Lipinski definition) is 3. The van der Waals surface area contributed by atoms with Crippen LogP contribution in [0.3, 0.4) is 0 Å². The molecule has 2 rings (SSSR count). The number of piperidine rings is 1. The fourth-order valence-corrected chi connectivity index (χ4v) is 2.60. The number of carbonyl (C=O) groups excluding carboxylic acids is 1. The highest BCUT2D eigenvalue weighted by molar-refractivity contribution is 5.76. The molecule has 1 aromatic rings. The van der Waals surface area contributed by atoms with Gasteiger partial charge in [0, 0.05) is 13.0 Å². The lowest BCUT2D eigenvalue weighted by molar-refractivity contribution is -0.121. The lowest BCUT2D eigenvalue weighted by Gasteiger charge is -2.22. The molecule has 4 nitrogen and oxygen atoms in total. The van der Waals surface area contributed by atoms with E-state index in [1.165, 1.54) is 12.8 Å². The smallest absolute Gasteiger partial charge is 0.220 e. The van der Waals surface area contributed by atoms with Gasteiger partial charge in [-0.1, -0.05) is 18.2 Å². The highest BCUT2D eigenvalue weighted by Gasteiger charge is 2.14. The summed E-state index contributed by atoms with van der Waals surface area (Å²) in [5, 5.41) is 6.40. The van der Waals surface area contributed by atoms with Crippen molar-refractivity contribution >= 4 is 5.91 Å². The molecule has 1 amide bonds. The standard InChI is InChI=1S/C16H24N2O2/c1-20-15-7-3-2-6-14(15)8-9-16(19)18-12-13-5-4-10-17-11-13/h2-3,6-7,13,17H,4-5,8-12H2,1H3,(H,18,19). The number of carbonyl (C=O) groups is 1. The zero-order valence-corrected chi connectivity index (χ0v) is 12.2. The Bertz CT molecular complexity index is 428. The molecule has 0 aliphatic carbocycles. The molecule has 0 aromatic heterocycles. The number of rotatable bonds is 6. The van der Waals surface area contributed by atoms with Crippen LogP contribution in [0, 0.1) is 5.92 Å². The van der Waals surface area contributed by atoms with E-state index in [-0.39, 0.29) is 5.91 Å². The quantitative estimate of drug-likeness (QED) is 0.832. The van der Waals surface area contributed by atoms with Crippen LogP contribution in [0.15, 0.2) is 24.3 Å². The molecule has 1 heterocycles. The van der Waals surface area contributed by atoms with Crippen LogP contribution in [0.25, 0.3) is 0 Å². The third kappa shape index (κ3) is 4.53. The highest BCUT2D eigenvalue weighted by atomic mass is 16.5. The fraction of sp³-hybridized carbons (Fsp3) is 0.562. The van der Waals surface area contributed by atoms with E-state index in [0.717, 1.165) is 37.4 Å². The first-order valence-electron chi connectivity index (χ1n) is 7.39. The van der Waals surface area contributed by atoms with E-state index in [2.05, 4.69) is 10.6 Å². The van der Waals surface area contributed by atoms with Crippen LogP contribution in [-0.2, 0) is 11.2 Å². The molecule has 1 fully saturated rings. The highest BCUT2D eigenvalue weighted by Crippen LogP contribution is 2.18. The van der Waals surface area contributed by atoms with Crippen molar-refractivity contribution in [2.24, 2.45) is 5.92 Å². The van der Waals surface area contributed by atoms with Crippen molar-refractivity contribution in [1.29, 1.82) is 0 Å². The zero-order valence-electron chi connectivity index (χ0n) is 12.2. The summed E-state index contributed by atoms with van der Waals surface area (Å²) in [6.07, 6.45) is 3.65. The Hall–Kier alpha value is -1.55. The van der Waals surface area contributed by atoms with Gasteiger partial charge in [0.2, 0.25) is 5.91 Å². The van der Waals surface area contributed by atoms with Crippen molar-refractivity contribution in [3.05, 3.63) is 29.8 Å². The van der Waals surface area contributed by atoms with E-state index in [0.29, 0.717) is 12.3 Å². The van der Waals surface area contributed by atoms with Gasteiger partial charge in [0.1, 0.15) is 5.75 Å². The summed E-state index contributed by atoms with van der Waals surface area (Å²) < 4.78 is 5.29. The average molecular weight is 276 g/mol. The van der Waals surface area contributed by atoms with Crippen molar-refractivity contribution in [2.75, 3.05) is 26.7 Å². The first kappa shape index (κ1) is 14.9. The molecule has 0 saturated carbocycles. The van der Waals surface area contributed by atoms with Gasteiger partial charge in [-0.3, -0.25) is 4.79 Å². The molecule has 1 aromatic carbocycles. The minimum absolute atomic E-state index is 0.126. The van der Waals surface area contributed by atoms with Crippen molar-refractivity contribution < 1.29 is 9.53 Å². The number of ether oxygens (including phenoxy) is 1. The molecule has 1 aliphatic heterocycles. The number of amides is 1. The maximum Gasteiger partial charge on any atom is 0.220 e. The maximum atomic E-state index is 11.9. The first-order valence-corrected chi connectivity index (χ1v) is 7.39. The van der Waals surface area contributed by atoms with Crippen LogP contribution in [0.1, 0.15) is 24.8 Å². The molecular weight excluding hydrogens is 252 g/mol. The third-order valence-corrected chi connectivity index (χ3v) is 3.80. The average Bonchev–Trinajstić information content (AvgIpc) is 2.52. The molecule has 0 spiro atoms. The Labute approximate surface area is 120 Å². The molecule has 2 N–H and O–H groups in total. The number of hydrogen-bond donors (Lipinski definition) is 2. The van der Waals surface area contributed by atoms with Gasteiger partial charge in [0.25, 0.3) is 0 Å². The molecule has 1 unspecified atom stereocenters. The van der Waals surface area contributed by atoms with Gasteiger partial charge in [0.15, 0.2) is 0 Å². The molecule has 0 radical (unpaired) electrons. The molecule has 1 atom stereocenters. The van der Waals surface area contributed by atoms with Crippen LogP contribution in [0.2, 0.25) is 0 Å². The van der Waals surface area contributed by atoms with E-state index in [4.69, 9.17) is 4.74 Å². The molecular formula is C16H24N2O2. The summed E-state index contributed by atoms with van der Waals surface area (Å²) in [5.74, 6) is 1.57. The zero-order chi connectivity index (χ0) is 14.2. The number of para-hydroxylation sites is 1. The minimum Gasteiger partial charge on any atom is -0.496 e. The predicted octanol–water partition coefficient (Wildman–Crippen LogP) is 1.74. The predicted molar refractivity (Wildman–Crippen MR) is 79.9 cm³/mol. The largest absolute Gasteiger partial charge is 0.496 e. The van der Waals surface area contributed by atoms with Gasteiger partial charge < -0.3 is 15.4 Å². The van der Waals surface area contributed by atoms with Crippen LogP contribution < -0.4 is 15.4 Å². The van der Waals surface area contributed by atoms with Gasteiger partial charge in [0.05, 0.1) is 7.11 Å². The number of aryl methyl sites for hydroxylation is 1.